The van der Waals surface area contributed by atoms with Gasteiger partial charge in [-0.15, -0.1) is 0 Å². The maximum Gasteiger partial charge on any atom is 0.346 e. The molecule has 1 heterocycles. The van der Waals surface area contributed by atoms with Crippen LogP contribution in [0.15, 0.2) is 29.2 Å². The fourth-order valence-corrected chi connectivity index (χ4v) is 3.05. The van der Waals surface area contributed by atoms with E-state index in [9.17, 15) is 18.0 Å². The van der Waals surface area contributed by atoms with Crippen LogP contribution in [-0.4, -0.2) is 24.9 Å². The molecular formula is C14H10O6S. The summed E-state index contributed by atoms with van der Waals surface area (Å²) in [4.78, 5) is 23.4. The fourth-order valence-electron chi connectivity index (χ4n) is 2.51. The predicted octanol–water partition coefficient (Wildman–Crippen LogP) is 1.96. The highest BCUT2D eigenvalue weighted by Crippen LogP contribution is 2.33. The van der Waals surface area contributed by atoms with E-state index in [-0.39, 0.29) is 11.1 Å². The second-order valence-electron chi connectivity index (χ2n) is 4.67. The Morgan fingerprint density at radius 1 is 1.14 bits per heavy atom. The number of hydrogen-bond acceptors (Lipinski definition) is 5. The van der Waals surface area contributed by atoms with Crippen molar-refractivity contribution >= 4 is 32.8 Å². The summed E-state index contributed by atoms with van der Waals surface area (Å²) in [5.41, 5.74) is 0.942. The second kappa shape index (κ2) is 4.37. The molecule has 6 nitrogen and oxygen atoms in total. The zero-order valence-electron chi connectivity index (χ0n) is 10.9. The molecule has 1 N–H and O–H groups in total. The number of carbonyl (C=O) groups excluding carboxylic acids is 2. The number of hydrogen-bond donors (Lipinski definition) is 1. The Morgan fingerprint density at radius 3 is 2.48 bits per heavy atom. The monoisotopic (exact) mass is 306 g/mol. The summed E-state index contributed by atoms with van der Waals surface area (Å²) in [6.07, 6.45) is 0.564. The van der Waals surface area contributed by atoms with Gasteiger partial charge in [0.05, 0.1) is 16.0 Å². The third-order valence-corrected chi connectivity index (χ3v) is 4.30. The molecule has 0 spiro atoms. The molecule has 1 aliphatic rings. The molecule has 21 heavy (non-hydrogen) atoms. The molecule has 0 unspecified atom stereocenters. The van der Waals surface area contributed by atoms with Crippen molar-refractivity contribution in [2.24, 2.45) is 0 Å². The van der Waals surface area contributed by atoms with E-state index in [0.29, 0.717) is 22.8 Å². The first kappa shape index (κ1) is 13.7. The summed E-state index contributed by atoms with van der Waals surface area (Å²) in [6.45, 7) is 1.85. The lowest BCUT2D eigenvalue weighted by Gasteiger charge is -2.18. The molecule has 0 fully saturated rings. The molecule has 108 valence electrons. The minimum Gasteiger partial charge on any atom is -0.386 e. The van der Waals surface area contributed by atoms with Gasteiger partial charge in [-0.1, -0.05) is 19.1 Å². The van der Waals surface area contributed by atoms with Gasteiger partial charge in [-0.2, -0.15) is 8.42 Å². The summed E-state index contributed by atoms with van der Waals surface area (Å²) in [5, 5.41) is 0.750. The number of esters is 2. The topological polar surface area (TPSA) is 97.7 Å². The summed E-state index contributed by atoms with van der Waals surface area (Å²) in [5.74, 6) is -1.66. The van der Waals surface area contributed by atoms with Crippen molar-refractivity contribution in [3.63, 3.8) is 0 Å². The van der Waals surface area contributed by atoms with Crippen molar-refractivity contribution in [3.05, 3.63) is 41.0 Å². The number of benzene rings is 2. The third-order valence-electron chi connectivity index (χ3n) is 3.47. The molecule has 0 amide bonds. The molecule has 3 rings (SSSR count). The van der Waals surface area contributed by atoms with Crippen molar-refractivity contribution in [3.8, 4) is 0 Å². The Hall–Kier alpha value is -2.25. The molecule has 2 aromatic carbocycles. The van der Waals surface area contributed by atoms with Crippen LogP contribution in [0.1, 0.15) is 33.2 Å². The predicted molar refractivity (Wildman–Crippen MR) is 72.9 cm³/mol. The molecule has 0 saturated heterocycles. The highest BCUT2D eigenvalue weighted by Gasteiger charge is 2.30. The Labute approximate surface area is 120 Å². The van der Waals surface area contributed by atoms with Gasteiger partial charge in [-0.25, -0.2) is 9.59 Å². The van der Waals surface area contributed by atoms with Crippen molar-refractivity contribution in [1.82, 2.24) is 0 Å². The second-order valence-corrected chi connectivity index (χ2v) is 6.10. The maximum atomic E-state index is 11.9. The molecular weight excluding hydrogens is 296 g/mol. The van der Waals surface area contributed by atoms with E-state index in [0.717, 1.165) is 6.07 Å². The minimum absolute atomic E-state index is 0.0370. The standard InChI is InChI=1S/C14H10O6S/c1-2-7-3-4-8-5-9(21(17,18)19)6-10-11(8)12(7)14(16)20-13(10)15/h3-6H,2H2,1H3,(H,17,18,19). The van der Waals surface area contributed by atoms with Crippen LogP contribution in [0.4, 0.5) is 0 Å². The van der Waals surface area contributed by atoms with Gasteiger partial charge in [-0.05, 0) is 29.5 Å². The fraction of sp³-hybridized carbons (Fsp3) is 0.143. The Bertz CT molecular complexity index is 911. The van der Waals surface area contributed by atoms with E-state index in [1.165, 1.54) is 6.07 Å². The van der Waals surface area contributed by atoms with E-state index < -0.39 is 27.0 Å². The molecule has 7 heteroatoms. The first-order valence-electron chi connectivity index (χ1n) is 6.16. The first-order valence-corrected chi connectivity index (χ1v) is 7.60. The first-order chi connectivity index (χ1) is 9.82. The Balaban J connectivity index is 2.51. The van der Waals surface area contributed by atoms with E-state index in [1.54, 1.807) is 12.1 Å². The summed E-state index contributed by atoms with van der Waals surface area (Å²) < 4.78 is 36.4. The van der Waals surface area contributed by atoms with Gasteiger partial charge in [0.15, 0.2) is 0 Å². The van der Waals surface area contributed by atoms with E-state index in [1.807, 2.05) is 6.92 Å². The number of ether oxygens (including phenoxy) is 1. The minimum atomic E-state index is -4.46. The van der Waals surface area contributed by atoms with Crippen molar-refractivity contribution in [2.45, 2.75) is 18.2 Å². The molecule has 0 radical (unpaired) electrons. The molecule has 2 aromatic rings. The van der Waals surface area contributed by atoms with Crippen LogP contribution >= 0.6 is 0 Å². The third kappa shape index (κ3) is 2.01. The van der Waals surface area contributed by atoms with Crippen molar-refractivity contribution < 1.29 is 27.3 Å². The number of aryl methyl sites for hydroxylation is 1. The lowest BCUT2D eigenvalue weighted by atomic mass is 9.92. The number of carbonyl (C=O) groups is 2. The van der Waals surface area contributed by atoms with Gasteiger partial charge >= 0.3 is 11.9 Å². The Morgan fingerprint density at radius 2 is 1.86 bits per heavy atom. The van der Waals surface area contributed by atoms with E-state index >= 15 is 0 Å². The smallest absolute Gasteiger partial charge is 0.346 e. The van der Waals surface area contributed by atoms with Gasteiger partial charge in [0, 0.05) is 5.39 Å². The van der Waals surface area contributed by atoms with Gasteiger partial charge in [-0.3, -0.25) is 4.55 Å². The normalized spacial score (nSPS) is 14.4. The van der Waals surface area contributed by atoms with E-state index in [2.05, 4.69) is 4.74 Å². The van der Waals surface area contributed by atoms with E-state index in [4.69, 9.17) is 4.55 Å². The lowest BCUT2D eigenvalue weighted by molar-refractivity contribution is 0.0390. The largest absolute Gasteiger partial charge is 0.386 e. The molecule has 0 atom stereocenters. The van der Waals surface area contributed by atoms with Crippen LogP contribution < -0.4 is 0 Å². The average Bonchev–Trinajstić information content (AvgIpc) is 2.42. The zero-order chi connectivity index (χ0) is 15.4. The number of rotatable bonds is 2. The maximum absolute atomic E-state index is 11.9. The average molecular weight is 306 g/mol. The van der Waals surface area contributed by atoms with Gasteiger partial charge in [0.25, 0.3) is 10.1 Å². The van der Waals surface area contributed by atoms with Crippen molar-refractivity contribution in [2.75, 3.05) is 0 Å². The quantitative estimate of drug-likeness (QED) is 0.517. The molecule has 0 saturated carbocycles. The van der Waals surface area contributed by atoms with Gasteiger partial charge in [0.1, 0.15) is 0 Å². The number of cyclic esters (lactones) is 2. The van der Waals surface area contributed by atoms with Crippen LogP contribution in [0, 0.1) is 0 Å². The van der Waals surface area contributed by atoms with Crippen LogP contribution in [0.25, 0.3) is 10.8 Å². The lowest BCUT2D eigenvalue weighted by Crippen LogP contribution is -2.21. The Kier molecular flexibility index (Phi) is 2.86. The van der Waals surface area contributed by atoms with Gasteiger partial charge in [0.2, 0.25) is 0 Å². The summed E-state index contributed by atoms with van der Waals surface area (Å²) in [7, 11) is -4.46. The molecule has 1 aliphatic heterocycles. The molecule has 0 bridgehead atoms. The van der Waals surface area contributed by atoms with Crippen LogP contribution in [-0.2, 0) is 21.3 Å². The van der Waals surface area contributed by atoms with Crippen molar-refractivity contribution in [1.29, 1.82) is 0 Å². The zero-order valence-corrected chi connectivity index (χ0v) is 11.7. The molecule has 0 aromatic heterocycles. The highest BCUT2D eigenvalue weighted by molar-refractivity contribution is 7.85. The van der Waals surface area contributed by atoms with Crippen LogP contribution in [0.5, 0.6) is 0 Å². The highest BCUT2D eigenvalue weighted by atomic mass is 32.2. The van der Waals surface area contributed by atoms with Crippen LogP contribution in [0.2, 0.25) is 0 Å². The molecule has 0 aliphatic carbocycles. The summed E-state index contributed by atoms with van der Waals surface area (Å²) >= 11 is 0. The summed E-state index contributed by atoms with van der Waals surface area (Å²) in [6, 6.07) is 5.53. The SMILES string of the molecule is CCc1ccc2cc(S(=O)(=O)O)cc3c2c1C(=O)OC3=O. The van der Waals surface area contributed by atoms with Gasteiger partial charge < -0.3 is 4.74 Å². The van der Waals surface area contributed by atoms with Crippen LogP contribution in [0.3, 0.4) is 0 Å².